The third-order valence-corrected chi connectivity index (χ3v) is 3.58. The number of aryl methyl sites for hydroxylation is 1. The van der Waals surface area contributed by atoms with Crippen molar-refractivity contribution in [3.05, 3.63) is 29.8 Å². The highest BCUT2D eigenvalue weighted by atomic mass is 16.4. The van der Waals surface area contributed by atoms with Gasteiger partial charge in [-0.3, -0.25) is 4.79 Å². The molecule has 4 heteroatoms. The van der Waals surface area contributed by atoms with E-state index in [2.05, 4.69) is 6.92 Å². The Labute approximate surface area is 114 Å². The van der Waals surface area contributed by atoms with Crippen molar-refractivity contribution in [2.75, 3.05) is 6.54 Å². The normalized spacial score (nSPS) is 14.0. The van der Waals surface area contributed by atoms with Gasteiger partial charge in [-0.1, -0.05) is 25.5 Å². The van der Waals surface area contributed by atoms with Crippen LogP contribution in [0.3, 0.4) is 0 Å². The van der Waals surface area contributed by atoms with Crippen LogP contribution in [-0.4, -0.2) is 22.7 Å². The summed E-state index contributed by atoms with van der Waals surface area (Å²) in [7, 11) is 0. The highest BCUT2D eigenvalue weighted by Gasteiger charge is 2.20. The predicted octanol–water partition coefficient (Wildman–Crippen LogP) is 2.40. The smallest absolute Gasteiger partial charge is 0.307 e. The summed E-state index contributed by atoms with van der Waals surface area (Å²) >= 11 is 0. The van der Waals surface area contributed by atoms with Crippen LogP contribution in [0.4, 0.5) is 0 Å². The molecule has 4 nitrogen and oxygen atoms in total. The van der Waals surface area contributed by atoms with Crippen LogP contribution in [-0.2, 0) is 11.2 Å². The van der Waals surface area contributed by atoms with Crippen molar-refractivity contribution in [3.8, 4) is 5.75 Å². The van der Waals surface area contributed by atoms with Gasteiger partial charge in [0, 0.05) is 6.54 Å². The number of benzene rings is 1. The summed E-state index contributed by atoms with van der Waals surface area (Å²) in [4.78, 5) is 11.0. The molecule has 0 fully saturated rings. The molecule has 0 aliphatic carbocycles. The van der Waals surface area contributed by atoms with E-state index in [0.717, 1.165) is 24.8 Å². The van der Waals surface area contributed by atoms with E-state index < -0.39 is 11.9 Å². The van der Waals surface area contributed by atoms with Gasteiger partial charge in [-0.25, -0.2) is 0 Å². The molecule has 0 bridgehead atoms. The second-order valence-electron chi connectivity index (χ2n) is 4.99. The van der Waals surface area contributed by atoms with Gasteiger partial charge >= 0.3 is 5.97 Å². The van der Waals surface area contributed by atoms with E-state index in [9.17, 15) is 9.90 Å². The number of phenols is 1. The molecule has 2 atom stereocenters. The van der Waals surface area contributed by atoms with E-state index in [0.29, 0.717) is 12.3 Å². The van der Waals surface area contributed by atoms with Gasteiger partial charge < -0.3 is 15.9 Å². The number of phenolic OH excluding ortho intramolecular Hbond substituents is 1. The summed E-state index contributed by atoms with van der Waals surface area (Å²) in [5.74, 6) is -0.629. The van der Waals surface area contributed by atoms with Crippen molar-refractivity contribution < 1.29 is 15.0 Å². The van der Waals surface area contributed by atoms with Gasteiger partial charge in [-0.05, 0) is 42.9 Å². The van der Waals surface area contributed by atoms with Crippen molar-refractivity contribution in [1.82, 2.24) is 0 Å². The van der Waals surface area contributed by atoms with Crippen molar-refractivity contribution >= 4 is 5.97 Å². The van der Waals surface area contributed by atoms with E-state index >= 15 is 0 Å². The van der Waals surface area contributed by atoms with Crippen LogP contribution in [0.25, 0.3) is 0 Å². The molecule has 0 aromatic heterocycles. The first-order chi connectivity index (χ1) is 9.06. The zero-order valence-electron chi connectivity index (χ0n) is 11.4. The SMILES string of the molecule is CCC(CCc1cccc(O)c1)CC(CN)C(=O)O. The maximum Gasteiger partial charge on any atom is 0.307 e. The Hall–Kier alpha value is -1.55. The quantitative estimate of drug-likeness (QED) is 0.674. The summed E-state index contributed by atoms with van der Waals surface area (Å²) in [5, 5.41) is 18.4. The summed E-state index contributed by atoms with van der Waals surface area (Å²) in [6, 6.07) is 7.20. The number of carboxylic acids is 1. The lowest BCUT2D eigenvalue weighted by Crippen LogP contribution is -2.25. The number of nitrogens with two attached hydrogens (primary N) is 1. The van der Waals surface area contributed by atoms with Crippen molar-refractivity contribution in [2.45, 2.75) is 32.6 Å². The average Bonchev–Trinajstić information content (AvgIpc) is 2.39. The van der Waals surface area contributed by atoms with Gasteiger partial charge in [0.1, 0.15) is 5.75 Å². The summed E-state index contributed by atoms with van der Waals surface area (Å²) in [5.41, 5.74) is 6.57. The first kappa shape index (κ1) is 15.5. The molecule has 4 N–H and O–H groups in total. The molecule has 2 unspecified atom stereocenters. The molecule has 0 aliphatic rings. The zero-order chi connectivity index (χ0) is 14.3. The minimum Gasteiger partial charge on any atom is -0.508 e. The molecular formula is C15H23NO3. The zero-order valence-corrected chi connectivity index (χ0v) is 11.4. The van der Waals surface area contributed by atoms with Gasteiger partial charge in [0.15, 0.2) is 0 Å². The topological polar surface area (TPSA) is 83.5 Å². The Balaban J connectivity index is 2.50. The van der Waals surface area contributed by atoms with Gasteiger partial charge in [0.25, 0.3) is 0 Å². The number of aromatic hydroxyl groups is 1. The van der Waals surface area contributed by atoms with Crippen molar-refractivity contribution in [2.24, 2.45) is 17.6 Å². The Kier molecular flexibility index (Phi) is 6.36. The molecule has 0 spiro atoms. The molecule has 0 saturated heterocycles. The molecule has 106 valence electrons. The first-order valence-corrected chi connectivity index (χ1v) is 6.77. The number of carbonyl (C=O) groups is 1. The van der Waals surface area contributed by atoms with Crippen LogP contribution in [0, 0.1) is 11.8 Å². The second kappa shape index (κ2) is 7.79. The predicted molar refractivity (Wildman–Crippen MR) is 75.0 cm³/mol. The third-order valence-electron chi connectivity index (χ3n) is 3.58. The van der Waals surface area contributed by atoms with Crippen LogP contribution in [0.2, 0.25) is 0 Å². The number of hydrogen-bond donors (Lipinski definition) is 3. The molecule has 0 radical (unpaired) electrons. The highest BCUT2D eigenvalue weighted by molar-refractivity contribution is 5.70. The molecule has 0 aliphatic heterocycles. The third kappa shape index (κ3) is 5.30. The number of rotatable bonds is 8. The van der Waals surface area contributed by atoms with E-state index in [1.807, 2.05) is 12.1 Å². The van der Waals surface area contributed by atoms with E-state index in [4.69, 9.17) is 10.8 Å². The fourth-order valence-corrected chi connectivity index (χ4v) is 2.27. The summed E-state index contributed by atoms with van der Waals surface area (Å²) in [6.07, 6.45) is 3.34. The van der Waals surface area contributed by atoms with Crippen LogP contribution in [0.15, 0.2) is 24.3 Å². The van der Waals surface area contributed by atoms with Crippen LogP contribution in [0.1, 0.15) is 31.7 Å². The van der Waals surface area contributed by atoms with Gasteiger partial charge in [-0.2, -0.15) is 0 Å². The van der Waals surface area contributed by atoms with Crippen LogP contribution >= 0.6 is 0 Å². The minimum atomic E-state index is -0.807. The summed E-state index contributed by atoms with van der Waals surface area (Å²) < 4.78 is 0. The number of hydrogen-bond acceptors (Lipinski definition) is 3. The molecule has 1 aromatic rings. The van der Waals surface area contributed by atoms with Crippen LogP contribution < -0.4 is 5.73 Å². The fourth-order valence-electron chi connectivity index (χ4n) is 2.27. The second-order valence-corrected chi connectivity index (χ2v) is 4.99. The Morgan fingerprint density at radius 3 is 2.68 bits per heavy atom. The molecule has 0 amide bonds. The fraction of sp³-hybridized carbons (Fsp3) is 0.533. The maximum absolute atomic E-state index is 11.0. The van der Waals surface area contributed by atoms with E-state index in [-0.39, 0.29) is 12.3 Å². The monoisotopic (exact) mass is 265 g/mol. The Bertz CT molecular complexity index is 406. The molecule has 1 rings (SSSR count). The van der Waals surface area contributed by atoms with E-state index in [1.54, 1.807) is 12.1 Å². The first-order valence-electron chi connectivity index (χ1n) is 6.77. The van der Waals surface area contributed by atoms with Crippen LogP contribution in [0.5, 0.6) is 5.75 Å². The van der Waals surface area contributed by atoms with Crippen molar-refractivity contribution in [3.63, 3.8) is 0 Å². The lowest BCUT2D eigenvalue weighted by atomic mass is 9.88. The molecule has 0 saturated carbocycles. The average molecular weight is 265 g/mol. The minimum absolute atomic E-state index is 0.192. The standard InChI is InChI=1S/C15H23NO3/c1-2-11(8-13(10-16)15(18)19)6-7-12-4-3-5-14(17)9-12/h3-5,9,11,13,17H,2,6-8,10,16H2,1H3,(H,18,19). The van der Waals surface area contributed by atoms with Gasteiger partial charge in [0.05, 0.1) is 5.92 Å². The lowest BCUT2D eigenvalue weighted by Gasteiger charge is -2.18. The molecule has 0 heterocycles. The highest BCUT2D eigenvalue weighted by Crippen LogP contribution is 2.22. The molecule has 1 aromatic carbocycles. The number of aliphatic carboxylic acids is 1. The lowest BCUT2D eigenvalue weighted by molar-refractivity contribution is -0.142. The molecule has 19 heavy (non-hydrogen) atoms. The number of carboxylic acid groups (broad SMARTS) is 1. The van der Waals surface area contributed by atoms with Gasteiger partial charge in [-0.15, -0.1) is 0 Å². The van der Waals surface area contributed by atoms with E-state index in [1.165, 1.54) is 0 Å². The Morgan fingerprint density at radius 2 is 2.16 bits per heavy atom. The van der Waals surface area contributed by atoms with Crippen molar-refractivity contribution in [1.29, 1.82) is 0 Å². The maximum atomic E-state index is 11.0. The summed E-state index contributed by atoms with van der Waals surface area (Å²) in [6.45, 7) is 2.26. The largest absolute Gasteiger partial charge is 0.508 e. The van der Waals surface area contributed by atoms with Gasteiger partial charge in [0.2, 0.25) is 0 Å². The molecular weight excluding hydrogens is 242 g/mol. The Morgan fingerprint density at radius 1 is 1.42 bits per heavy atom.